The first-order valence-corrected chi connectivity index (χ1v) is 15.9. The van der Waals surface area contributed by atoms with Gasteiger partial charge in [0.15, 0.2) is 11.5 Å². The average Bonchev–Trinajstić information content (AvgIpc) is 3.78. The third kappa shape index (κ3) is 9.50. The maximum absolute atomic E-state index is 13.0. The number of rotatable bonds is 8. The lowest BCUT2D eigenvalue weighted by atomic mass is 10.1. The Morgan fingerprint density at radius 3 is 2.06 bits per heavy atom. The number of Topliss-reactive ketones (excluding diaryl/α,β-unsaturated/α-hetero) is 2. The highest BCUT2D eigenvalue weighted by Crippen LogP contribution is 2.26. The summed E-state index contributed by atoms with van der Waals surface area (Å²) < 4.78 is 67.0. The number of nitrogens with zero attached hydrogens (tertiary/aromatic N) is 6. The molecule has 1 atom stereocenters. The van der Waals surface area contributed by atoms with Crippen molar-refractivity contribution in [3.05, 3.63) is 66.6 Å². The number of halogens is 6. The second-order valence-electron chi connectivity index (χ2n) is 12.0. The zero-order valence-electron chi connectivity index (χ0n) is 27.4. The van der Waals surface area contributed by atoms with Crippen molar-refractivity contribution in [1.82, 2.24) is 30.0 Å². The predicted octanol–water partition coefficient (Wildman–Crippen LogP) is 3.58. The number of carboxylic acid groups (broad SMARTS) is 1. The maximum atomic E-state index is 13.0. The molecule has 3 N–H and O–H groups in total. The molecule has 0 spiro atoms. The summed E-state index contributed by atoms with van der Waals surface area (Å²) in [6, 6.07) is 15.0. The van der Waals surface area contributed by atoms with Crippen LogP contribution in [0.3, 0.4) is 0 Å². The monoisotopic (exact) mass is 748 g/mol. The molecule has 1 unspecified atom stereocenters. The molecule has 2 aliphatic heterocycles. The van der Waals surface area contributed by atoms with E-state index in [4.69, 9.17) is 0 Å². The number of likely N-dealkylation sites (tertiary alicyclic amines) is 1. The molecule has 280 valence electrons. The Morgan fingerprint density at radius 1 is 0.849 bits per heavy atom. The second-order valence-corrected chi connectivity index (χ2v) is 12.0. The third-order valence-corrected chi connectivity index (χ3v) is 8.44. The first kappa shape index (κ1) is 38.3. The largest absolute Gasteiger partial charge is 0.476 e. The highest BCUT2D eigenvalue weighted by molar-refractivity contribution is 6.41. The van der Waals surface area contributed by atoms with Gasteiger partial charge in [-0.25, -0.2) is 14.8 Å². The van der Waals surface area contributed by atoms with E-state index in [1.165, 1.54) is 0 Å². The number of carbonyl (C=O) groups is 5. The fourth-order valence-corrected chi connectivity index (χ4v) is 5.72. The minimum atomic E-state index is -5.77. The van der Waals surface area contributed by atoms with Gasteiger partial charge in [0.05, 0.1) is 18.0 Å². The molecule has 4 aromatic rings. The molecule has 14 nitrogen and oxygen atoms in total. The van der Waals surface area contributed by atoms with Crippen LogP contribution in [0.25, 0.3) is 22.3 Å². The lowest BCUT2D eigenvalue weighted by molar-refractivity contribution is -0.193. The molecule has 20 heteroatoms. The van der Waals surface area contributed by atoms with E-state index in [0.29, 0.717) is 61.6 Å². The zero-order chi connectivity index (χ0) is 38.5. The fraction of sp³-hybridized carbons (Fsp3) is 0.333. The van der Waals surface area contributed by atoms with Gasteiger partial charge in [-0.2, -0.15) is 31.4 Å². The van der Waals surface area contributed by atoms with E-state index in [9.17, 15) is 55.4 Å². The molecule has 53 heavy (non-hydrogen) atoms. The molecule has 6 rings (SSSR count). The van der Waals surface area contributed by atoms with E-state index in [1.807, 2.05) is 21.9 Å². The van der Waals surface area contributed by atoms with E-state index in [0.717, 1.165) is 24.3 Å². The molecule has 2 fully saturated rings. The van der Waals surface area contributed by atoms with E-state index >= 15 is 0 Å². The lowest BCUT2D eigenvalue weighted by Crippen LogP contribution is -2.51. The van der Waals surface area contributed by atoms with Gasteiger partial charge in [0.25, 0.3) is 0 Å². The molecule has 0 aliphatic carbocycles. The molecular formula is C33H30F6N8O6. The number of piperazine rings is 1. The number of amides is 2. The summed E-state index contributed by atoms with van der Waals surface area (Å²) in [5.41, 5.74) is 3.09. The quantitative estimate of drug-likeness (QED) is 0.177. The summed E-state index contributed by atoms with van der Waals surface area (Å²) >= 11 is 0. The van der Waals surface area contributed by atoms with Crippen LogP contribution in [0.15, 0.2) is 60.9 Å². The van der Waals surface area contributed by atoms with Crippen LogP contribution < -0.4 is 10.2 Å². The standard InChI is InChI=1S/C29H30N8O4.C4F6O2/c38-25(37-14-12-36(13-15-37)22-5-2-19(3-6-22)27-30-9-1-10-31-27)18-35-11-8-20(17-35)28(39)32-21-4-7-24-23(16-21)26(29(40)41)34-33-24;5-3(6,7)1(11)2(12)4(8,9)10/h1-7,9-10,16,20H,8,11-15,17-18H2,(H,32,39)(H,33,34)(H,40,41);. The summed E-state index contributed by atoms with van der Waals surface area (Å²) in [5.74, 6) is -7.56. The van der Waals surface area contributed by atoms with Crippen molar-refractivity contribution in [2.24, 2.45) is 5.92 Å². The van der Waals surface area contributed by atoms with Crippen LogP contribution in [0.2, 0.25) is 0 Å². The number of fused-ring (bicyclic) bond motifs is 1. The van der Waals surface area contributed by atoms with Crippen molar-refractivity contribution in [2.75, 3.05) is 56.0 Å². The molecular weight excluding hydrogens is 718 g/mol. The van der Waals surface area contributed by atoms with Gasteiger partial charge in [-0.05, 0) is 61.5 Å². The lowest BCUT2D eigenvalue weighted by Gasteiger charge is -2.36. The molecule has 4 heterocycles. The van der Waals surface area contributed by atoms with E-state index < -0.39 is 29.9 Å². The van der Waals surface area contributed by atoms with Crippen LogP contribution in [-0.2, 0) is 19.2 Å². The topological polar surface area (TPSA) is 182 Å². The number of carboxylic acids is 1. The Bertz CT molecular complexity index is 1960. The summed E-state index contributed by atoms with van der Waals surface area (Å²) in [5, 5.41) is 19.1. The number of aromatic amines is 1. The number of carbonyl (C=O) groups excluding carboxylic acids is 4. The summed E-state index contributed by atoms with van der Waals surface area (Å²) in [6.45, 7) is 4.27. The number of ketones is 2. The molecule has 0 bridgehead atoms. The van der Waals surface area contributed by atoms with Gasteiger partial charge >= 0.3 is 29.9 Å². The smallest absolute Gasteiger partial charge is 0.458 e. The van der Waals surface area contributed by atoms with Crippen LogP contribution in [0, 0.1) is 5.92 Å². The van der Waals surface area contributed by atoms with Crippen LogP contribution >= 0.6 is 0 Å². The molecule has 2 aromatic heterocycles. The second kappa shape index (κ2) is 15.8. The number of anilines is 2. The van der Waals surface area contributed by atoms with Crippen molar-refractivity contribution in [2.45, 2.75) is 18.8 Å². The van der Waals surface area contributed by atoms with Crippen molar-refractivity contribution in [3.8, 4) is 11.4 Å². The minimum absolute atomic E-state index is 0.0777. The van der Waals surface area contributed by atoms with E-state index in [2.05, 4.69) is 42.5 Å². The molecule has 2 saturated heterocycles. The van der Waals surface area contributed by atoms with Gasteiger partial charge < -0.3 is 20.2 Å². The number of benzene rings is 2. The number of aromatic nitrogens is 4. The molecule has 0 radical (unpaired) electrons. The fourth-order valence-electron chi connectivity index (χ4n) is 5.72. The van der Waals surface area contributed by atoms with Crippen LogP contribution in [-0.4, -0.2) is 123 Å². The number of alkyl halides is 6. The van der Waals surface area contributed by atoms with Crippen molar-refractivity contribution < 1.29 is 55.4 Å². The van der Waals surface area contributed by atoms with Gasteiger partial charge in [-0.3, -0.25) is 29.2 Å². The number of hydrogen-bond acceptors (Lipinski definition) is 10. The van der Waals surface area contributed by atoms with Gasteiger partial charge in [-0.15, -0.1) is 0 Å². The summed E-state index contributed by atoms with van der Waals surface area (Å²) in [7, 11) is 0. The number of nitrogens with one attached hydrogen (secondary N) is 2. The number of aromatic carboxylic acids is 1. The Morgan fingerprint density at radius 2 is 1.47 bits per heavy atom. The van der Waals surface area contributed by atoms with Crippen LogP contribution in [0.4, 0.5) is 37.7 Å². The maximum Gasteiger partial charge on any atom is 0.458 e. The van der Waals surface area contributed by atoms with Gasteiger partial charge in [-0.1, -0.05) is 0 Å². The summed E-state index contributed by atoms with van der Waals surface area (Å²) in [4.78, 5) is 71.4. The minimum Gasteiger partial charge on any atom is -0.476 e. The van der Waals surface area contributed by atoms with Crippen molar-refractivity contribution >= 4 is 51.6 Å². The van der Waals surface area contributed by atoms with E-state index in [-0.39, 0.29) is 23.4 Å². The van der Waals surface area contributed by atoms with E-state index in [1.54, 1.807) is 36.7 Å². The van der Waals surface area contributed by atoms with Crippen molar-refractivity contribution in [1.29, 1.82) is 0 Å². The first-order valence-electron chi connectivity index (χ1n) is 15.9. The Labute approximate surface area is 295 Å². The first-order chi connectivity index (χ1) is 25.0. The zero-order valence-corrected chi connectivity index (χ0v) is 27.4. The SMILES string of the molecule is O=C(C(=O)C(F)(F)F)C(F)(F)F.O=C(O)c1n[nH]c2ccc(NC(=O)C3CCN(CC(=O)N4CCN(c5ccc(-c6ncccn6)cc5)CC4)C3)cc12. The van der Waals surface area contributed by atoms with Crippen molar-refractivity contribution in [3.63, 3.8) is 0 Å². The number of H-pyrrole nitrogens is 1. The summed E-state index contributed by atoms with van der Waals surface area (Å²) in [6.07, 6.45) is -7.43. The molecule has 2 aliphatic rings. The van der Waals surface area contributed by atoms with Gasteiger partial charge in [0.2, 0.25) is 11.8 Å². The molecule has 2 aromatic carbocycles. The van der Waals surface area contributed by atoms with Crippen LogP contribution in [0.5, 0.6) is 0 Å². The highest BCUT2D eigenvalue weighted by Gasteiger charge is 2.54. The molecule has 0 saturated carbocycles. The normalized spacial score (nSPS) is 16.5. The third-order valence-electron chi connectivity index (χ3n) is 8.44. The number of hydrogen-bond donors (Lipinski definition) is 3. The Kier molecular flexibility index (Phi) is 11.4. The average molecular weight is 749 g/mol. The Balaban J connectivity index is 0.000000390. The van der Waals surface area contributed by atoms with Crippen LogP contribution in [0.1, 0.15) is 16.9 Å². The predicted molar refractivity (Wildman–Crippen MR) is 175 cm³/mol. The Hall–Kier alpha value is -5.92. The molecule has 2 amide bonds. The highest BCUT2D eigenvalue weighted by atomic mass is 19.4. The van der Waals surface area contributed by atoms with Gasteiger partial charge in [0, 0.05) is 67.4 Å². The van der Waals surface area contributed by atoms with Gasteiger partial charge in [0.1, 0.15) is 0 Å².